The summed E-state index contributed by atoms with van der Waals surface area (Å²) in [6, 6.07) is 21.0. The number of amides is 3. The highest BCUT2D eigenvalue weighted by Gasteiger charge is 2.23. The van der Waals surface area contributed by atoms with E-state index in [-0.39, 0.29) is 40.8 Å². The van der Waals surface area contributed by atoms with Crippen LogP contribution in [0, 0.1) is 0 Å². The predicted molar refractivity (Wildman–Crippen MR) is 145 cm³/mol. The molecule has 1 heterocycles. The van der Waals surface area contributed by atoms with Gasteiger partial charge in [0.15, 0.2) is 0 Å². The summed E-state index contributed by atoms with van der Waals surface area (Å²) in [5, 5.41) is 9.02. The van der Waals surface area contributed by atoms with E-state index in [1.807, 2.05) is 54.7 Å². The van der Waals surface area contributed by atoms with Crippen molar-refractivity contribution in [3.8, 4) is 16.9 Å². The maximum atomic E-state index is 12.9. The molecule has 3 N–H and O–H groups in total. The van der Waals surface area contributed by atoms with Gasteiger partial charge in [0, 0.05) is 24.8 Å². The Morgan fingerprint density at radius 1 is 0.946 bits per heavy atom. The van der Waals surface area contributed by atoms with Crippen LogP contribution in [0.1, 0.15) is 33.9 Å². The van der Waals surface area contributed by atoms with E-state index in [0.29, 0.717) is 5.69 Å². The van der Waals surface area contributed by atoms with Crippen LogP contribution < -0.4 is 16.0 Å². The second-order valence-electron chi connectivity index (χ2n) is 8.73. The molecule has 3 amide bonds. The van der Waals surface area contributed by atoms with Crippen LogP contribution in [-0.4, -0.2) is 34.6 Å². The third-order valence-corrected chi connectivity index (χ3v) is 7.06. The number of hydrogen-bond donors (Lipinski definition) is 3. The summed E-state index contributed by atoms with van der Waals surface area (Å²) in [5.74, 6) is -0.424. The second kappa shape index (κ2) is 11.1. The van der Waals surface area contributed by atoms with Gasteiger partial charge in [-0.05, 0) is 36.1 Å². The van der Waals surface area contributed by atoms with E-state index in [1.165, 1.54) is 5.56 Å². The van der Waals surface area contributed by atoms with Crippen LogP contribution in [0.5, 0.6) is 0 Å². The minimum atomic E-state index is -0.424. The van der Waals surface area contributed by atoms with Crippen LogP contribution in [0.25, 0.3) is 16.9 Å². The molecule has 0 saturated heterocycles. The number of halogens is 2. The zero-order chi connectivity index (χ0) is 25.8. The number of rotatable bonds is 7. The van der Waals surface area contributed by atoms with E-state index in [0.717, 1.165) is 29.7 Å². The minimum Gasteiger partial charge on any atom is -0.350 e. The first-order chi connectivity index (χ1) is 18.0. The summed E-state index contributed by atoms with van der Waals surface area (Å²) in [6.07, 6.45) is 5.31. The summed E-state index contributed by atoms with van der Waals surface area (Å²) in [6.45, 7) is 0.469. The van der Waals surface area contributed by atoms with Gasteiger partial charge in [-0.2, -0.15) is 0 Å². The first kappa shape index (κ1) is 24.9. The molecule has 0 aliphatic heterocycles. The zero-order valence-electron chi connectivity index (χ0n) is 19.9. The van der Waals surface area contributed by atoms with Crippen molar-refractivity contribution in [3.05, 3.63) is 106 Å². The van der Waals surface area contributed by atoms with Crippen LogP contribution in [0.2, 0.25) is 10.0 Å². The standard InChI is InChI=1S/C28H25Cl2N5O2/c29-21-11-13-24(35-16-23(33-17-35)19-7-2-1-3-8-19)26(30)25(21)27(36)31-14-15-32-28(37)34-22-12-10-18-6-4-5-9-20(18)22/h1-9,11,13,16-17,22H,10,12,14-15H2,(H,31,36)(H2,32,34,37)/t22-/m1/s1. The van der Waals surface area contributed by atoms with E-state index >= 15 is 0 Å². The van der Waals surface area contributed by atoms with Crippen LogP contribution in [-0.2, 0) is 6.42 Å². The Morgan fingerprint density at radius 2 is 1.70 bits per heavy atom. The van der Waals surface area contributed by atoms with Crippen molar-refractivity contribution in [2.75, 3.05) is 13.1 Å². The molecule has 7 nitrogen and oxygen atoms in total. The van der Waals surface area contributed by atoms with Crippen molar-refractivity contribution in [3.63, 3.8) is 0 Å². The number of aryl methyl sites for hydroxylation is 1. The average Bonchev–Trinajstić information content (AvgIpc) is 3.55. The van der Waals surface area contributed by atoms with Gasteiger partial charge in [0.25, 0.3) is 5.91 Å². The number of benzene rings is 3. The molecular weight excluding hydrogens is 509 g/mol. The molecule has 0 radical (unpaired) electrons. The number of imidazole rings is 1. The summed E-state index contributed by atoms with van der Waals surface area (Å²) in [7, 11) is 0. The molecule has 0 saturated carbocycles. The Kier molecular flexibility index (Phi) is 7.44. The molecule has 0 fully saturated rings. The highest BCUT2D eigenvalue weighted by atomic mass is 35.5. The van der Waals surface area contributed by atoms with Gasteiger partial charge in [0.1, 0.15) is 0 Å². The summed E-state index contributed by atoms with van der Waals surface area (Å²) in [5.41, 5.74) is 4.93. The Balaban J connectivity index is 1.18. The number of nitrogens with one attached hydrogen (secondary N) is 3. The molecule has 9 heteroatoms. The molecule has 0 spiro atoms. The monoisotopic (exact) mass is 533 g/mol. The molecule has 37 heavy (non-hydrogen) atoms. The lowest BCUT2D eigenvalue weighted by atomic mass is 10.1. The summed E-state index contributed by atoms with van der Waals surface area (Å²) < 4.78 is 1.75. The van der Waals surface area contributed by atoms with Crippen LogP contribution >= 0.6 is 23.2 Å². The van der Waals surface area contributed by atoms with Crippen molar-refractivity contribution < 1.29 is 9.59 Å². The number of carbonyl (C=O) groups excluding carboxylic acids is 2. The van der Waals surface area contributed by atoms with Crippen LogP contribution in [0.4, 0.5) is 4.79 Å². The van der Waals surface area contributed by atoms with Gasteiger partial charge >= 0.3 is 6.03 Å². The first-order valence-corrected chi connectivity index (χ1v) is 12.7. The molecule has 5 rings (SSSR count). The lowest BCUT2D eigenvalue weighted by molar-refractivity contribution is 0.0954. The molecule has 188 valence electrons. The topological polar surface area (TPSA) is 88.1 Å². The normalized spacial score (nSPS) is 14.2. The fourth-order valence-electron chi connectivity index (χ4n) is 4.52. The molecule has 4 aromatic rings. The van der Waals surface area contributed by atoms with E-state index in [9.17, 15) is 9.59 Å². The van der Waals surface area contributed by atoms with Gasteiger partial charge in [-0.3, -0.25) is 4.79 Å². The Hall–Kier alpha value is -3.81. The van der Waals surface area contributed by atoms with Gasteiger partial charge in [0.05, 0.1) is 39.4 Å². The van der Waals surface area contributed by atoms with E-state index in [4.69, 9.17) is 23.2 Å². The molecule has 3 aromatic carbocycles. The Morgan fingerprint density at radius 3 is 2.54 bits per heavy atom. The van der Waals surface area contributed by atoms with Gasteiger partial charge in [0.2, 0.25) is 0 Å². The van der Waals surface area contributed by atoms with Crippen molar-refractivity contribution in [1.29, 1.82) is 0 Å². The third-order valence-electron chi connectivity index (χ3n) is 6.36. The molecule has 0 unspecified atom stereocenters. The SMILES string of the molecule is O=C(NCCNC(=O)c1c(Cl)ccc(-n2cnc(-c3ccccc3)c2)c1Cl)N[C@@H]1CCc2ccccc21. The minimum absolute atomic E-state index is 0.00303. The van der Waals surface area contributed by atoms with Crippen molar-refractivity contribution in [2.45, 2.75) is 18.9 Å². The number of nitrogens with zero attached hydrogens (tertiary/aromatic N) is 2. The van der Waals surface area contributed by atoms with Gasteiger partial charge in [-0.25, -0.2) is 9.78 Å². The summed E-state index contributed by atoms with van der Waals surface area (Å²) in [4.78, 5) is 29.7. The third kappa shape index (κ3) is 5.48. The number of urea groups is 1. The Labute approximate surface area is 224 Å². The highest BCUT2D eigenvalue weighted by Crippen LogP contribution is 2.32. The quantitative estimate of drug-likeness (QED) is 0.271. The zero-order valence-corrected chi connectivity index (χ0v) is 21.4. The molecule has 1 atom stereocenters. The molecule has 1 aromatic heterocycles. The van der Waals surface area contributed by atoms with Crippen molar-refractivity contribution in [1.82, 2.24) is 25.5 Å². The van der Waals surface area contributed by atoms with Crippen molar-refractivity contribution in [2.24, 2.45) is 0 Å². The van der Waals surface area contributed by atoms with Crippen LogP contribution in [0.3, 0.4) is 0 Å². The smallest absolute Gasteiger partial charge is 0.315 e. The van der Waals surface area contributed by atoms with Crippen LogP contribution in [0.15, 0.2) is 79.3 Å². The lowest BCUT2D eigenvalue weighted by Gasteiger charge is -2.15. The number of carbonyl (C=O) groups is 2. The maximum absolute atomic E-state index is 12.9. The number of fused-ring (bicyclic) bond motifs is 1. The maximum Gasteiger partial charge on any atom is 0.315 e. The van der Waals surface area contributed by atoms with E-state index < -0.39 is 5.91 Å². The first-order valence-electron chi connectivity index (χ1n) is 12.0. The van der Waals surface area contributed by atoms with Gasteiger partial charge in [-0.15, -0.1) is 0 Å². The highest BCUT2D eigenvalue weighted by molar-refractivity contribution is 6.40. The fraction of sp³-hybridized carbons (Fsp3) is 0.179. The molecule has 1 aliphatic rings. The van der Waals surface area contributed by atoms with Crippen molar-refractivity contribution >= 4 is 35.1 Å². The largest absolute Gasteiger partial charge is 0.350 e. The molecular formula is C28H25Cl2N5O2. The average molecular weight is 534 g/mol. The Bertz CT molecular complexity index is 1440. The number of aromatic nitrogens is 2. The van der Waals surface area contributed by atoms with E-state index in [2.05, 4.69) is 27.0 Å². The molecule has 1 aliphatic carbocycles. The van der Waals surface area contributed by atoms with E-state index in [1.54, 1.807) is 23.0 Å². The second-order valence-corrected chi connectivity index (χ2v) is 9.52. The van der Waals surface area contributed by atoms with Gasteiger partial charge < -0.3 is 20.5 Å². The predicted octanol–water partition coefficient (Wildman–Crippen LogP) is 5.56. The molecule has 0 bridgehead atoms. The fourth-order valence-corrected chi connectivity index (χ4v) is 5.16. The van der Waals surface area contributed by atoms with Gasteiger partial charge in [-0.1, -0.05) is 77.8 Å². The summed E-state index contributed by atoms with van der Waals surface area (Å²) >= 11 is 13.0. The number of hydrogen-bond acceptors (Lipinski definition) is 3. The lowest BCUT2D eigenvalue weighted by Crippen LogP contribution is -2.41.